The average molecular weight is 327 g/mol. The van der Waals surface area contributed by atoms with Gasteiger partial charge in [-0.2, -0.15) is 0 Å². The van der Waals surface area contributed by atoms with Gasteiger partial charge in [0.25, 0.3) is 0 Å². The van der Waals surface area contributed by atoms with Crippen molar-refractivity contribution in [1.29, 1.82) is 0 Å². The second-order valence-electron chi connectivity index (χ2n) is 6.17. The third-order valence-electron chi connectivity index (χ3n) is 4.68. The Balaban J connectivity index is 2.05. The molecule has 120 valence electrons. The van der Waals surface area contributed by atoms with Crippen molar-refractivity contribution in [2.24, 2.45) is 0 Å². The molecule has 0 spiro atoms. The maximum Gasteiger partial charge on any atom is 0.199 e. The summed E-state index contributed by atoms with van der Waals surface area (Å²) < 4.78 is 0. The lowest BCUT2D eigenvalue weighted by molar-refractivity contribution is 1.46. The first kappa shape index (κ1) is 13.8. The number of hydrogen-bond acceptors (Lipinski definition) is 3. The first-order chi connectivity index (χ1) is 12.1. The smallest absolute Gasteiger partial charge is 0.199 e. The number of H-pyrrole nitrogens is 2. The van der Waals surface area contributed by atoms with E-state index < -0.39 is 0 Å². The molecule has 5 rings (SSSR count). The van der Waals surface area contributed by atoms with Crippen molar-refractivity contribution in [3.63, 3.8) is 0 Å². The van der Waals surface area contributed by atoms with Crippen LogP contribution in [0.15, 0.2) is 64.2 Å². The number of rotatable bonds is 0. The first-order valence-corrected chi connectivity index (χ1v) is 7.92. The van der Waals surface area contributed by atoms with Crippen molar-refractivity contribution >= 4 is 49.3 Å². The van der Waals surface area contributed by atoms with Crippen LogP contribution in [-0.4, -0.2) is 9.97 Å². The van der Waals surface area contributed by atoms with Gasteiger partial charge >= 0.3 is 0 Å². The van der Waals surface area contributed by atoms with Crippen LogP contribution in [0.5, 0.6) is 0 Å². The number of aromatic nitrogens is 2. The summed E-state index contributed by atoms with van der Waals surface area (Å²) in [6.45, 7) is 0. The van der Waals surface area contributed by atoms with Crippen molar-refractivity contribution in [3.8, 4) is 0 Å². The van der Waals surface area contributed by atoms with Gasteiger partial charge in [-0.15, -0.1) is 0 Å². The van der Waals surface area contributed by atoms with Crippen LogP contribution in [0.1, 0.15) is 0 Å². The number of fused-ring (bicyclic) bond motifs is 4. The van der Waals surface area contributed by atoms with E-state index in [4.69, 9.17) is 5.73 Å². The Labute approximate surface area is 140 Å². The zero-order valence-corrected chi connectivity index (χ0v) is 13.1. The number of pyridine rings is 2. The standard InChI is InChI=1S/C20H13N3O2/c21-13-5-3-7-15-18(13)20(25)12-9-16-11(8-17(12)23-15)19(24)10-4-1-2-6-14(10)22-16/h1-9H,21H2,(H,22,24)(H,23,25). The minimum atomic E-state index is -0.141. The van der Waals surface area contributed by atoms with Gasteiger partial charge in [0.2, 0.25) is 0 Å². The highest BCUT2D eigenvalue weighted by atomic mass is 16.1. The summed E-state index contributed by atoms with van der Waals surface area (Å²) in [5, 5.41) is 2.15. The van der Waals surface area contributed by atoms with Crippen molar-refractivity contribution in [3.05, 3.63) is 75.0 Å². The average Bonchev–Trinajstić information content (AvgIpc) is 2.61. The molecule has 0 unspecified atom stereocenters. The third-order valence-corrected chi connectivity index (χ3v) is 4.68. The van der Waals surface area contributed by atoms with Crippen LogP contribution in [-0.2, 0) is 0 Å². The number of benzene rings is 3. The Morgan fingerprint density at radius 3 is 2.08 bits per heavy atom. The van der Waals surface area contributed by atoms with Crippen LogP contribution in [0.4, 0.5) is 5.69 Å². The lowest BCUT2D eigenvalue weighted by atomic mass is 10.0. The number of aromatic amines is 2. The Bertz CT molecular complexity index is 1440. The molecule has 5 nitrogen and oxygen atoms in total. The predicted octanol–water partition coefficient (Wildman–Crippen LogP) is 3.26. The van der Waals surface area contributed by atoms with Gasteiger partial charge < -0.3 is 15.7 Å². The molecule has 5 heteroatoms. The molecule has 0 atom stereocenters. The fraction of sp³-hybridized carbons (Fsp3) is 0. The van der Waals surface area contributed by atoms with E-state index in [1.165, 1.54) is 0 Å². The SMILES string of the molecule is Nc1cccc2[nH]c3cc4c(=O)c5ccccc5[nH]c4cc3c(=O)c12. The molecule has 0 radical (unpaired) electrons. The van der Waals surface area contributed by atoms with Crippen molar-refractivity contribution in [1.82, 2.24) is 9.97 Å². The van der Waals surface area contributed by atoms with Crippen LogP contribution < -0.4 is 16.6 Å². The Morgan fingerprint density at radius 2 is 1.28 bits per heavy atom. The molecule has 0 aliphatic rings. The van der Waals surface area contributed by atoms with Crippen LogP contribution in [0.3, 0.4) is 0 Å². The molecule has 0 amide bonds. The Morgan fingerprint density at radius 1 is 0.640 bits per heavy atom. The molecule has 2 aromatic heterocycles. The highest BCUT2D eigenvalue weighted by molar-refractivity contribution is 6.04. The van der Waals surface area contributed by atoms with Crippen LogP contribution in [0.2, 0.25) is 0 Å². The quantitative estimate of drug-likeness (QED) is 0.301. The van der Waals surface area contributed by atoms with E-state index in [1.54, 1.807) is 36.4 Å². The number of anilines is 1. The molecule has 2 heterocycles. The summed E-state index contributed by atoms with van der Waals surface area (Å²) in [5.41, 5.74) is 8.89. The van der Waals surface area contributed by atoms with Gasteiger partial charge in [-0.05, 0) is 36.4 Å². The molecule has 0 saturated carbocycles. The number of nitrogens with two attached hydrogens (primary N) is 1. The fourth-order valence-electron chi connectivity index (χ4n) is 3.47. The number of hydrogen-bond donors (Lipinski definition) is 3. The Hall–Kier alpha value is -3.60. The molecule has 5 aromatic rings. The van der Waals surface area contributed by atoms with E-state index in [0.29, 0.717) is 43.8 Å². The minimum absolute atomic E-state index is 0.0558. The van der Waals surface area contributed by atoms with E-state index >= 15 is 0 Å². The van der Waals surface area contributed by atoms with E-state index in [0.717, 1.165) is 5.52 Å². The van der Waals surface area contributed by atoms with E-state index in [9.17, 15) is 9.59 Å². The number of nitrogens with one attached hydrogen (secondary N) is 2. The van der Waals surface area contributed by atoms with Crippen molar-refractivity contribution < 1.29 is 0 Å². The van der Waals surface area contributed by atoms with E-state index in [-0.39, 0.29) is 10.9 Å². The molecule has 3 aromatic carbocycles. The van der Waals surface area contributed by atoms with Gasteiger partial charge in [0, 0.05) is 27.4 Å². The van der Waals surface area contributed by atoms with Crippen LogP contribution >= 0.6 is 0 Å². The number of para-hydroxylation sites is 1. The highest BCUT2D eigenvalue weighted by Gasteiger charge is 2.11. The molecular weight excluding hydrogens is 314 g/mol. The van der Waals surface area contributed by atoms with Gasteiger partial charge in [-0.25, -0.2) is 0 Å². The molecule has 0 fully saturated rings. The molecule has 0 aliphatic carbocycles. The first-order valence-electron chi connectivity index (χ1n) is 7.92. The minimum Gasteiger partial charge on any atom is -0.398 e. The summed E-state index contributed by atoms with van der Waals surface area (Å²) in [7, 11) is 0. The van der Waals surface area contributed by atoms with Gasteiger partial charge in [0.1, 0.15) is 0 Å². The molecule has 25 heavy (non-hydrogen) atoms. The lowest BCUT2D eigenvalue weighted by Crippen LogP contribution is -2.09. The molecule has 0 saturated heterocycles. The second-order valence-corrected chi connectivity index (χ2v) is 6.17. The summed E-state index contributed by atoms with van der Waals surface area (Å²) in [6.07, 6.45) is 0. The normalized spacial score (nSPS) is 11.7. The van der Waals surface area contributed by atoms with Crippen molar-refractivity contribution in [2.45, 2.75) is 0 Å². The van der Waals surface area contributed by atoms with E-state index in [2.05, 4.69) is 9.97 Å². The van der Waals surface area contributed by atoms with Crippen LogP contribution in [0.25, 0.3) is 43.6 Å². The zero-order chi connectivity index (χ0) is 17.1. The second kappa shape index (κ2) is 4.70. The van der Waals surface area contributed by atoms with Crippen molar-refractivity contribution in [2.75, 3.05) is 5.73 Å². The predicted molar refractivity (Wildman–Crippen MR) is 102 cm³/mol. The maximum atomic E-state index is 12.9. The maximum absolute atomic E-state index is 12.9. The van der Waals surface area contributed by atoms with Gasteiger partial charge in [-0.3, -0.25) is 9.59 Å². The lowest BCUT2D eigenvalue weighted by Gasteiger charge is -2.07. The summed E-state index contributed by atoms with van der Waals surface area (Å²) in [5.74, 6) is 0. The molecule has 0 bridgehead atoms. The molecule has 4 N–H and O–H groups in total. The van der Waals surface area contributed by atoms with Gasteiger partial charge in [0.05, 0.1) is 21.9 Å². The topological polar surface area (TPSA) is 91.7 Å². The highest BCUT2D eigenvalue weighted by Crippen LogP contribution is 2.23. The summed E-state index contributed by atoms with van der Waals surface area (Å²) in [4.78, 5) is 32.2. The largest absolute Gasteiger partial charge is 0.398 e. The van der Waals surface area contributed by atoms with Crippen LogP contribution in [0, 0.1) is 0 Å². The fourth-order valence-corrected chi connectivity index (χ4v) is 3.47. The number of nitrogen functional groups attached to an aromatic ring is 1. The summed E-state index contributed by atoms with van der Waals surface area (Å²) >= 11 is 0. The third kappa shape index (κ3) is 1.83. The van der Waals surface area contributed by atoms with Gasteiger partial charge in [0.15, 0.2) is 10.9 Å². The monoisotopic (exact) mass is 327 g/mol. The van der Waals surface area contributed by atoms with Gasteiger partial charge in [-0.1, -0.05) is 18.2 Å². The molecule has 0 aliphatic heterocycles. The molecular formula is C20H13N3O2. The van der Waals surface area contributed by atoms with E-state index in [1.807, 2.05) is 18.2 Å². The zero-order valence-electron chi connectivity index (χ0n) is 13.1. The summed E-state index contributed by atoms with van der Waals surface area (Å²) in [6, 6.07) is 16.1. The Kier molecular flexibility index (Phi) is 2.60.